The highest BCUT2D eigenvalue weighted by Gasteiger charge is 2.14. The summed E-state index contributed by atoms with van der Waals surface area (Å²) in [5.41, 5.74) is 3.07. The Labute approximate surface area is 197 Å². The van der Waals surface area contributed by atoms with E-state index in [0.717, 1.165) is 33.5 Å². The van der Waals surface area contributed by atoms with E-state index in [0.29, 0.717) is 23.1 Å². The van der Waals surface area contributed by atoms with Gasteiger partial charge in [0.1, 0.15) is 11.5 Å². The van der Waals surface area contributed by atoms with E-state index in [4.69, 9.17) is 37.7 Å². The van der Waals surface area contributed by atoms with Crippen molar-refractivity contribution >= 4 is 45.8 Å². The Kier molecular flexibility index (Phi) is 8.52. The van der Waals surface area contributed by atoms with Crippen LogP contribution in [0, 0.1) is 0 Å². The van der Waals surface area contributed by atoms with Gasteiger partial charge in [0.05, 0.1) is 30.0 Å². The van der Waals surface area contributed by atoms with Crippen molar-refractivity contribution in [2.45, 2.75) is 13.1 Å². The van der Waals surface area contributed by atoms with E-state index < -0.39 is 0 Å². The average Bonchev–Trinajstić information content (AvgIpc) is 2.80. The number of benzene rings is 3. The number of hydrogen-bond donors (Lipinski definition) is 0. The molecule has 3 rings (SSSR count). The van der Waals surface area contributed by atoms with E-state index >= 15 is 0 Å². The number of hydrogen-bond acceptors (Lipinski definition) is 4. The summed E-state index contributed by atoms with van der Waals surface area (Å²) in [4.78, 5) is 7.09. The molecule has 3 aromatic rings. The molecule has 0 N–H and O–H groups in total. The smallest absolute Gasteiger partial charge is 0.164 e. The minimum absolute atomic E-state index is 0.486. The zero-order valence-corrected chi connectivity index (χ0v) is 20.0. The third kappa shape index (κ3) is 6.57. The maximum Gasteiger partial charge on any atom is 0.164 e. The highest BCUT2D eigenvalue weighted by Crippen LogP contribution is 2.28. The van der Waals surface area contributed by atoms with E-state index in [2.05, 4.69) is 29.2 Å². The molecule has 0 aliphatic rings. The first-order valence-corrected chi connectivity index (χ1v) is 11.6. The Morgan fingerprint density at radius 2 is 1.32 bits per heavy atom. The molecule has 0 bridgehead atoms. The standard InChI is InChI=1S/C24H24Cl2N2O2S/c1-29-20-9-4-17(5-10-20)15-28(16-18-6-11-21(30-2)12-7-18)24(31-3)27-19-8-13-22(25)23(26)14-19/h4-14H,15-16H2,1-3H3. The van der Waals surface area contributed by atoms with Gasteiger partial charge in [-0.1, -0.05) is 59.2 Å². The SMILES string of the molecule is COc1ccc(CN(Cc2ccc(OC)cc2)C(=Nc2ccc(Cl)c(Cl)c2)SC)cc1. The van der Waals surface area contributed by atoms with Crippen molar-refractivity contribution in [2.24, 2.45) is 4.99 Å². The first-order chi connectivity index (χ1) is 15.0. The van der Waals surface area contributed by atoms with Gasteiger partial charge in [-0.05, 0) is 59.8 Å². The molecule has 162 valence electrons. The lowest BCUT2D eigenvalue weighted by Crippen LogP contribution is -2.27. The number of thioether (sulfide) groups is 1. The molecule has 0 fully saturated rings. The van der Waals surface area contributed by atoms with Crippen molar-refractivity contribution in [1.29, 1.82) is 0 Å². The summed E-state index contributed by atoms with van der Waals surface area (Å²) in [7, 11) is 3.33. The third-order valence-corrected chi connectivity index (χ3v) is 6.10. The van der Waals surface area contributed by atoms with Gasteiger partial charge in [-0.25, -0.2) is 4.99 Å². The molecule has 0 spiro atoms. The Morgan fingerprint density at radius 3 is 1.74 bits per heavy atom. The van der Waals surface area contributed by atoms with E-state index in [1.807, 2.05) is 36.6 Å². The highest BCUT2D eigenvalue weighted by atomic mass is 35.5. The lowest BCUT2D eigenvalue weighted by Gasteiger charge is -2.26. The Bertz CT molecular complexity index is 975. The Morgan fingerprint density at radius 1 is 0.806 bits per heavy atom. The van der Waals surface area contributed by atoms with E-state index in [1.54, 1.807) is 38.1 Å². The molecule has 0 aromatic heterocycles. The second-order valence-corrected chi connectivity index (χ2v) is 8.34. The predicted molar refractivity (Wildman–Crippen MR) is 132 cm³/mol. The quantitative estimate of drug-likeness (QED) is 0.271. The number of aliphatic imine (C=N–C) groups is 1. The van der Waals surface area contributed by atoms with Gasteiger partial charge in [0.2, 0.25) is 0 Å². The monoisotopic (exact) mass is 474 g/mol. The van der Waals surface area contributed by atoms with Crippen LogP contribution in [0.4, 0.5) is 5.69 Å². The molecule has 0 aliphatic heterocycles. The molecule has 7 heteroatoms. The molecular formula is C24H24Cl2N2O2S. The maximum atomic E-state index is 6.19. The molecule has 3 aromatic carbocycles. The molecule has 0 amide bonds. The zero-order chi connectivity index (χ0) is 22.2. The second kappa shape index (κ2) is 11.3. The average molecular weight is 475 g/mol. The number of nitrogens with zero attached hydrogens (tertiary/aromatic N) is 2. The molecule has 4 nitrogen and oxygen atoms in total. The third-order valence-electron chi connectivity index (χ3n) is 4.65. The molecule has 0 aliphatic carbocycles. The maximum absolute atomic E-state index is 6.19. The van der Waals surface area contributed by atoms with Crippen LogP contribution in [-0.2, 0) is 13.1 Å². The summed E-state index contributed by atoms with van der Waals surface area (Å²) < 4.78 is 10.6. The van der Waals surface area contributed by atoms with Gasteiger partial charge in [-0.2, -0.15) is 0 Å². The molecule has 0 heterocycles. The Balaban J connectivity index is 1.92. The van der Waals surface area contributed by atoms with Crippen molar-refractivity contribution in [1.82, 2.24) is 4.90 Å². The summed E-state index contributed by atoms with van der Waals surface area (Å²) in [5.74, 6) is 1.67. The summed E-state index contributed by atoms with van der Waals surface area (Å²) in [5, 5.41) is 1.88. The molecule has 0 atom stereocenters. The van der Waals surface area contributed by atoms with Crippen LogP contribution >= 0.6 is 35.0 Å². The number of rotatable bonds is 7. The fourth-order valence-electron chi connectivity index (χ4n) is 3.00. The second-order valence-electron chi connectivity index (χ2n) is 6.75. The van der Waals surface area contributed by atoms with Crippen LogP contribution in [0.5, 0.6) is 11.5 Å². The summed E-state index contributed by atoms with van der Waals surface area (Å²) >= 11 is 13.8. The van der Waals surface area contributed by atoms with Gasteiger partial charge in [0, 0.05) is 13.1 Å². The van der Waals surface area contributed by atoms with Gasteiger partial charge in [0.25, 0.3) is 0 Å². The number of halogens is 2. The van der Waals surface area contributed by atoms with Crippen molar-refractivity contribution in [2.75, 3.05) is 20.5 Å². The van der Waals surface area contributed by atoms with Crippen molar-refractivity contribution in [3.8, 4) is 11.5 Å². The fraction of sp³-hybridized carbons (Fsp3) is 0.208. The number of methoxy groups -OCH3 is 2. The first-order valence-electron chi connectivity index (χ1n) is 9.61. The van der Waals surface area contributed by atoms with Crippen LogP contribution in [0.2, 0.25) is 10.0 Å². The Hall–Kier alpha value is -2.34. The molecule has 0 radical (unpaired) electrons. The predicted octanol–water partition coefficient (Wildman–Crippen LogP) is 7.06. The van der Waals surface area contributed by atoms with Crippen LogP contribution in [0.25, 0.3) is 0 Å². The minimum Gasteiger partial charge on any atom is -0.497 e. The van der Waals surface area contributed by atoms with E-state index in [1.165, 1.54) is 0 Å². The van der Waals surface area contributed by atoms with Gasteiger partial charge in [-0.3, -0.25) is 0 Å². The van der Waals surface area contributed by atoms with Crippen LogP contribution in [0.3, 0.4) is 0 Å². The van der Waals surface area contributed by atoms with E-state index in [9.17, 15) is 0 Å². The fourth-order valence-corrected chi connectivity index (χ4v) is 3.88. The first kappa shape index (κ1) is 23.3. The highest BCUT2D eigenvalue weighted by molar-refractivity contribution is 8.13. The molecule has 0 unspecified atom stereocenters. The normalized spacial score (nSPS) is 11.3. The van der Waals surface area contributed by atoms with Crippen LogP contribution in [0.1, 0.15) is 11.1 Å². The minimum atomic E-state index is 0.486. The zero-order valence-electron chi connectivity index (χ0n) is 17.6. The number of ether oxygens (including phenoxy) is 2. The van der Waals surface area contributed by atoms with Crippen LogP contribution in [0.15, 0.2) is 71.7 Å². The lowest BCUT2D eigenvalue weighted by atomic mass is 10.1. The summed E-state index contributed by atoms with van der Waals surface area (Å²) in [6, 6.07) is 21.5. The van der Waals surface area contributed by atoms with Gasteiger partial charge >= 0.3 is 0 Å². The summed E-state index contributed by atoms with van der Waals surface area (Å²) in [6.07, 6.45) is 2.02. The topological polar surface area (TPSA) is 34.1 Å². The van der Waals surface area contributed by atoms with Gasteiger partial charge in [-0.15, -0.1) is 0 Å². The summed E-state index contributed by atoms with van der Waals surface area (Å²) in [6.45, 7) is 1.38. The molecule has 0 saturated heterocycles. The van der Waals surface area contributed by atoms with Crippen LogP contribution < -0.4 is 9.47 Å². The van der Waals surface area contributed by atoms with Crippen molar-refractivity contribution in [3.63, 3.8) is 0 Å². The van der Waals surface area contributed by atoms with Crippen molar-refractivity contribution in [3.05, 3.63) is 87.9 Å². The van der Waals surface area contributed by atoms with Crippen LogP contribution in [-0.4, -0.2) is 30.5 Å². The molecular weight excluding hydrogens is 451 g/mol. The largest absolute Gasteiger partial charge is 0.497 e. The molecule has 0 saturated carbocycles. The van der Waals surface area contributed by atoms with Gasteiger partial charge < -0.3 is 14.4 Å². The lowest BCUT2D eigenvalue weighted by molar-refractivity contribution is 0.405. The van der Waals surface area contributed by atoms with Gasteiger partial charge in [0.15, 0.2) is 5.17 Å². The number of amidine groups is 1. The van der Waals surface area contributed by atoms with E-state index in [-0.39, 0.29) is 0 Å². The molecule has 31 heavy (non-hydrogen) atoms. The van der Waals surface area contributed by atoms with Crippen molar-refractivity contribution < 1.29 is 9.47 Å².